The Balaban J connectivity index is 1.92. The van der Waals surface area contributed by atoms with Gasteiger partial charge in [0.1, 0.15) is 5.75 Å². The summed E-state index contributed by atoms with van der Waals surface area (Å²) in [5.74, 6) is 0.992. The minimum absolute atomic E-state index is 0.245. The highest BCUT2D eigenvalue weighted by Gasteiger charge is 2.17. The van der Waals surface area contributed by atoms with Crippen LogP contribution in [-0.2, 0) is 6.54 Å². The molecular formula is C13H16BrF2NO. The van der Waals surface area contributed by atoms with Gasteiger partial charge in [0.15, 0.2) is 0 Å². The van der Waals surface area contributed by atoms with E-state index in [1.165, 1.54) is 19.3 Å². The van der Waals surface area contributed by atoms with Crippen LogP contribution in [0.25, 0.3) is 0 Å². The van der Waals surface area contributed by atoms with Crippen LogP contribution in [0.2, 0.25) is 0 Å². The van der Waals surface area contributed by atoms with Gasteiger partial charge in [-0.25, -0.2) is 0 Å². The molecule has 0 aromatic heterocycles. The van der Waals surface area contributed by atoms with Crippen LogP contribution >= 0.6 is 15.9 Å². The lowest BCUT2D eigenvalue weighted by Crippen LogP contribution is -2.27. The van der Waals surface area contributed by atoms with E-state index in [1.54, 1.807) is 12.1 Å². The maximum Gasteiger partial charge on any atom is 0.387 e. The smallest absolute Gasteiger partial charge is 0.387 e. The van der Waals surface area contributed by atoms with E-state index in [9.17, 15) is 8.78 Å². The Morgan fingerprint density at radius 3 is 2.78 bits per heavy atom. The molecule has 1 fully saturated rings. The summed E-state index contributed by atoms with van der Waals surface area (Å²) in [6.45, 7) is -1.28. The van der Waals surface area contributed by atoms with Crippen molar-refractivity contribution in [2.24, 2.45) is 5.92 Å². The molecule has 0 heterocycles. The fourth-order valence-corrected chi connectivity index (χ4v) is 2.41. The van der Waals surface area contributed by atoms with Crippen molar-refractivity contribution in [3.8, 4) is 5.75 Å². The zero-order valence-corrected chi connectivity index (χ0v) is 11.6. The van der Waals surface area contributed by atoms with E-state index >= 15 is 0 Å². The molecule has 0 amide bonds. The quantitative estimate of drug-likeness (QED) is 0.857. The molecule has 0 unspecified atom stereocenters. The van der Waals surface area contributed by atoms with Crippen molar-refractivity contribution < 1.29 is 13.5 Å². The van der Waals surface area contributed by atoms with Gasteiger partial charge in [0.2, 0.25) is 0 Å². The lowest BCUT2D eigenvalue weighted by Gasteiger charge is -2.25. The summed E-state index contributed by atoms with van der Waals surface area (Å²) in [6.07, 6.45) is 3.85. The van der Waals surface area contributed by atoms with E-state index in [2.05, 4.69) is 26.0 Å². The van der Waals surface area contributed by atoms with Gasteiger partial charge in [-0.1, -0.05) is 22.4 Å². The predicted octanol–water partition coefficient (Wildman–Crippen LogP) is 3.94. The maximum atomic E-state index is 12.3. The average molecular weight is 320 g/mol. The summed E-state index contributed by atoms with van der Waals surface area (Å²) < 4.78 is 29.9. The van der Waals surface area contributed by atoms with Crippen LogP contribution < -0.4 is 10.1 Å². The molecule has 0 bridgehead atoms. The van der Waals surface area contributed by atoms with Crippen LogP contribution in [0.5, 0.6) is 5.75 Å². The van der Waals surface area contributed by atoms with Crippen molar-refractivity contribution in [2.75, 3.05) is 6.54 Å². The van der Waals surface area contributed by atoms with Crippen LogP contribution in [0.3, 0.4) is 0 Å². The minimum Gasteiger partial charge on any atom is -0.434 e. The zero-order valence-electron chi connectivity index (χ0n) is 9.96. The Morgan fingerprint density at radius 1 is 1.39 bits per heavy atom. The zero-order chi connectivity index (χ0) is 13.0. The topological polar surface area (TPSA) is 21.3 Å². The van der Waals surface area contributed by atoms with Gasteiger partial charge in [-0.05, 0) is 43.5 Å². The second kappa shape index (κ2) is 6.48. The van der Waals surface area contributed by atoms with E-state index in [-0.39, 0.29) is 5.75 Å². The van der Waals surface area contributed by atoms with Gasteiger partial charge in [-0.2, -0.15) is 8.78 Å². The number of nitrogens with one attached hydrogen (secondary N) is 1. The highest BCUT2D eigenvalue weighted by molar-refractivity contribution is 9.10. The molecule has 1 N–H and O–H groups in total. The highest BCUT2D eigenvalue weighted by atomic mass is 79.9. The molecular weight excluding hydrogens is 304 g/mol. The molecule has 1 saturated carbocycles. The van der Waals surface area contributed by atoms with Gasteiger partial charge >= 0.3 is 6.61 Å². The lowest BCUT2D eigenvalue weighted by molar-refractivity contribution is -0.0505. The van der Waals surface area contributed by atoms with Crippen molar-refractivity contribution in [1.29, 1.82) is 0 Å². The Bertz CT molecular complexity index is 397. The van der Waals surface area contributed by atoms with Crippen molar-refractivity contribution in [1.82, 2.24) is 5.32 Å². The molecule has 1 aromatic rings. The molecule has 2 nitrogen and oxygen atoms in total. The van der Waals surface area contributed by atoms with Crippen molar-refractivity contribution in [3.05, 3.63) is 28.2 Å². The van der Waals surface area contributed by atoms with E-state index in [1.807, 2.05) is 6.07 Å². The number of alkyl halides is 2. The Hall–Kier alpha value is -0.680. The van der Waals surface area contributed by atoms with Crippen molar-refractivity contribution in [2.45, 2.75) is 32.4 Å². The number of rotatable bonds is 6. The van der Waals surface area contributed by atoms with Crippen LogP contribution in [0, 0.1) is 5.92 Å². The third kappa shape index (κ3) is 3.92. The first kappa shape index (κ1) is 13.7. The van der Waals surface area contributed by atoms with Crippen LogP contribution in [-0.4, -0.2) is 13.2 Å². The Labute approximate surface area is 114 Å². The Morgan fingerprint density at radius 2 is 2.17 bits per heavy atom. The van der Waals surface area contributed by atoms with Crippen molar-refractivity contribution in [3.63, 3.8) is 0 Å². The van der Waals surface area contributed by atoms with Gasteiger partial charge in [-0.3, -0.25) is 0 Å². The normalized spacial score (nSPS) is 15.8. The molecule has 0 atom stereocenters. The van der Waals surface area contributed by atoms with E-state index in [4.69, 9.17) is 0 Å². The maximum absolute atomic E-state index is 12.3. The summed E-state index contributed by atoms with van der Waals surface area (Å²) in [6, 6.07) is 5.08. The molecule has 1 aliphatic rings. The van der Waals surface area contributed by atoms with Gasteiger partial charge < -0.3 is 10.1 Å². The number of hydrogen-bond donors (Lipinski definition) is 1. The molecule has 2 rings (SSSR count). The minimum atomic E-state index is -2.78. The first-order valence-corrected chi connectivity index (χ1v) is 6.88. The SMILES string of the molecule is FC(F)Oc1ccc(Br)cc1CNCC1CCC1. The summed E-state index contributed by atoms with van der Waals surface area (Å²) in [7, 11) is 0. The number of benzene rings is 1. The van der Waals surface area contributed by atoms with E-state index in [0.29, 0.717) is 6.54 Å². The number of ether oxygens (including phenoxy) is 1. The van der Waals surface area contributed by atoms with Gasteiger partial charge in [-0.15, -0.1) is 0 Å². The number of halogens is 3. The fourth-order valence-electron chi connectivity index (χ4n) is 2.01. The van der Waals surface area contributed by atoms with Gasteiger partial charge in [0.05, 0.1) is 0 Å². The van der Waals surface area contributed by atoms with Crippen LogP contribution in [0.15, 0.2) is 22.7 Å². The second-order valence-corrected chi connectivity index (χ2v) is 5.47. The van der Waals surface area contributed by atoms with Crippen LogP contribution in [0.1, 0.15) is 24.8 Å². The Kier molecular flexibility index (Phi) is 4.95. The monoisotopic (exact) mass is 319 g/mol. The summed E-state index contributed by atoms with van der Waals surface area (Å²) >= 11 is 3.34. The van der Waals surface area contributed by atoms with E-state index in [0.717, 1.165) is 22.5 Å². The summed E-state index contributed by atoms with van der Waals surface area (Å²) in [5, 5.41) is 3.30. The average Bonchev–Trinajstić information content (AvgIpc) is 2.24. The molecule has 1 aromatic carbocycles. The highest BCUT2D eigenvalue weighted by Crippen LogP contribution is 2.27. The molecule has 1 aliphatic carbocycles. The third-order valence-electron chi connectivity index (χ3n) is 3.21. The lowest BCUT2D eigenvalue weighted by atomic mass is 9.85. The first-order valence-electron chi connectivity index (χ1n) is 6.09. The summed E-state index contributed by atoms with van der Waals surface area (Å²) in [4.78, 5) is 0. The van der Waals surface area contributed by atoms with Crippen LogP contribution in [0.4, 0.5) is 8.78 Å². The largest absolute Gasteiger partial charge is 0.434 e. The molecule has 0 radical (unpaired) electrons. The second-order valence-electron chi connectivity index (χ2n) is 4.56. The van der Waals surface area contributed by atoms with Gasteiger partial charge in [0.25, 0.3) is 0 Å². The fraction of sp³-hybridized carbons (Fsp3) is 0.538. The third-order valence-corrected chi connectivity index (χ3v) is 3.71. The predicted molar refractivity (Wildman–Crippen MR) is 69.8 cm³/mol. The van der Waals surface area contributed by atoms with Gasteiger partial charge in [0, 0.05) is 16.6 Å². The first-order chi connectivity index (χ1) is 8.65. The molecule has 0 spiro atoms. The van der Waals surface area contributed by atoms with Crippen molar-refractivity contribution >= 4 is 15.9 Å². The molecule has 5 heteroatoms. The van der Waals surface area contributed by atoms with E-state index < -0.39 is 6.61 Å². The molecule has 0 saturated heterocycles. The molecule has 100 valence electrons. The number of hydrogen-bond acceptors (Lipinski definition) is 2. The molecule has 0 aliphatic heterocycles. The summed E-state index contributed by atoms with van der Waals surface area (Å²) in [5.41, 5.74) is 0.754. The standard InChI is InChI=1S/C13H16BrF2NO/c14-11-4-5-12(18-13(15)16)10(6-11)8-17-7-9-2-1-3-9/h4-6,9,13,17H,1-3,7-8H2. The molecule has 18 heavy (non-hydrogen) atoms.